The van der Waals surface area contributed by atoms with Crippen LogP contribution < -0.4 is 5.32 Å². The highest BCUT2D eigenvalue weighted by Crippen LogP contribution is 2.32. The Labute approximate surface area is 204 Å². The summed E-state index contributed by atoms with van der Waals surface area (Å²) in [5, 5.41) is 15.5. The molecule has 1 N–H and O–H groups in total. The minimum absolute atomic E-state index is 0.160. The van der Waals surface area contributed by atoms with Crippen LogP contribution >= 0.6 is 46.3 Å². The van der Waals surface area contributed by atoms with Crippen molar-refractivity contribution >= 4 is 57.3 Å². The van der Waals surface area contributed by atoms with Gasteiger partial charge in [0, 0.05) is 29.4 Å². The van der Waals surface area contributed by atoms with Crippen LogP contribution in [0.25, 0.3) is 11.3 Å². The van der Waals surface area contributed by atoms with Gasteiger partial charge in [-0.3, -0.25) is 4.79 Å². The minimum atomic E-state index is -0.160. The summed E-state index contributed by atoms with van der Waals surface area (Å²) in [7, 11) is 1.92. The van der Waals surface area contributed by atoms with Gasteiger partial charge in [0.25, 0.3) is 0 Å². The first-order valence-corrected chi connectivity index (χ1v) is 12.4. The molecule has 164 valence electrons. The Kier molecular flexibility index (Phi) is 7.47. The van der Waals surface area contributed by atoms with Gasteiger partial charge in [0.1, 0.15) is 5.82 Å². The van der Waals surface area contributed by atoms with E-state index in [0.717, 1.165) is 24.2 Å². The lowest BCUT2D eigenvalue weighted by atomic mass is 10.1. The van der Waals surface area contributed by atoms with Crippen LogP contribution in [0.3, 0.4) is 0 Å². The first kappa shape index (κ1) is 22.8. The lowest BCUT2D eigenvalue weighted by molar-refractivity contribution is -0.113. The first-order chi connectivity index (χ1) is 15.5. The zero-order chi connectivity index (χ0) is 22.5. The van der Waals surface area contributed by atoms with Crippen molar-refractivity contribution in [3.05, 3.63) is 75.3 Å². The number of aryl methyl sites for hydroxylation is 2. The van der Waals surface area contributed by atoms with E-state index >= 15 is 0 Å². The lowest BCUT2D eigenvalue weighted by Gasteiger charge is -2.04. The number of amides is 1. The predicted octanol–water partition coefficient (Wildman–Crippen LogP) is 5.76. The molecule has 10 heteroatoms. The maximum atomic E-state index is 12.4. The molecule has 0 unspecified atom stereocenters. The second kappa shape index (κ2) is 10.5. The van der Waals surface area contributed by atoms with Gasteiger partial charge in [0.2, 0.25) is 5.91 Å². The summed E-state index contributed by atoms with van der Waals surface area (Å²) < 4.78 is 1.94. The smallest absolute Gasteiger partial charge is 0.236 e. The second-order valence-electron chi connectivity index (χ2n) is 6.94. The van der Waals surface area contributed by atoms with E-state index in [9.17, 15) is 4.79 Å². The van der Waals surface area contributed by atoms with Crippen molar-refractivity contribution in [3.63, 3.8) is 0 Å². The summed E-state index contributed by atoms with van der Waals surface area (Å²) in [6.07, 6.45) is 1.68. The third-order valence-electron chi connectivity index (χ3n) is 4.70. The molecule has 4 aromatic rings. The topological polar surface area (TPSA) is 72.7 Å². The SMILES string of the molecule is Cn1c(CCc2ccccc2)nnc1SCC(=O)Nc1nc(-c2ccc(Cl)cc2Cl)cs1. The number of nitrogens with zero attached hydrogens (tertiary/aromatic N) is 4. The number of carbonyl (C=O) groups is 1. The summed E-state index contributed by atoms with van der Waals surface area (Å²) in [5.74, 6) is 0.939. The van der Waals surface area contributed by atoms with E-state index < -0.39 is 0 Å². The molecule has 0 bridgehead atoms. The van der Waals surface area contributed by atoms with E-state index in [1.165, 1.54) is 28.7 Å². The molecule has 0 fully saturated rings. The summed E-state index contributed by atoms with van der Waals surface area (Å²) in [6, 6.07) is 15.5. The van der Waals surface area contributed by atoms with Gasteiger partial charge >= 0.3 is 0 Å². The number of thiazole rings is 1. The number of nitrogens with one attached hydrogen (secondary N) is 1. The van der Waals surface area contributed by atoms with Crippen molar-refractivity contribution in [2.75, 3.05) is 11.1 Å². The highest BCUT2D eigenvalue weighted by molar-refractivity contribution is 7.99. The minimum Gasteiger partial charge on any atom is -0.309 e. The Morgan fingerprint density at radius 1 is 1.12 bits per heavy atom. The van der Waals surface area contributed by atoms with E-state index in [1.807, 2.05) is 41.3 Å². The number of thioether (sulfide) groups is 1. The van der Waals surface area contributed by atoms with Gasteiger partial charge in [0.05, 0.1) is 16.5 Å². The monoisotopic (exact) mass is 503 g/mol. The fourth-order valence-corrected chi connectivity index (χ4v) is 4.99. The zero-order valence-electron chi connectivity index (χ0n) is 17.1. The standard InChI is InChI=1S/C22H19Cl2N5OS2/c1-29-19(10-7-14-5-3-2-4-6-14)27-28-22(29)32-13-20(30)26-21-25-18(12-31-21)16-9-8-15(23)11-17(16)24/h2-6,8-9,11-12H,7,10,13H2,1H3,(H,25,26,30). The molecule has 32 heavy (non-hydrogen) atoms. The highest BCUT2D eigenvalue weighted by atomic mass is 35.5. The van der Waals surface area contributed by atoms with Crippen molar-refractivity contribution in [3.8, 4) is 11.3 Å². The van der Waals surface area contributed by atoms with E-state index in [2.05, 4.69) is 32.6 Å². The molecular weight excluding hydrogens is 485 g/mol. The van der Waals surface area contributed by atoms with E-state index in [4.69, 9.17) is 23.2 Å². The van der Waals surface area contributed by atoms with Gasteiger partial charge < -0.3 is 9.88 Å². The normalized spacial score (nSPS) is 11.0. The van der Waals surface area contributed by atoms with E-state index in [1.54, 1.807) is 12.1 Å². The van der Waals surface area contributed by atoms with Gasteiger partial charge in [-0.05, 0) is 30.2 Å². The van der Waals surface area contributed by atoms with Crippen LogP contribution in [0.2, 0.25) is 10.0 Å². The molecule has 0 aliphatic carbocycles. The number of hydrogen-bond acceptors (Lipinski definition) is 6. The maximum absolute atomic E-state index is 12.4. The van der Waals surface area contributed by atoms with Crippen molar-refractivity contribution in [2.45, 2.75) is 18.0 Å². The van der Waals surface area contributed by atoms with Crippen LogP contribution in [0.5, 0.6) is 0 Å². The largest absolute Gasteiger partial charge is 0.309 e. The quantitative estimate of drug-likeness (QED) is 0.309. The van der Waals surface area contributed by atoms with Crippen molar-refractivity contribution in [1.82, 2.24) is 19.7 Å². The Balaban J connectivity index is 1.31. The number of hydrogen-bond donors (Lipinski definition) is 1. The molecule has 0 saturated carbocycles. The van der Waals surface area contributed by atoms with Gasteiger partial charge in [-0.1, -0.05) is 65.3 Å². The average molecular weight is 504 g/mol. The van der Waals surface area contributed by atoms with Crippen LogP contribution in [0.4, 0.5) is 5.13 Å². The second-order valence-corrected chi connectivity index (χ2v) is 9.59. The molecule has 2 heterocycles. The number of rotatable bonds is 8. The molecule has 6 nitrogen and oxygen atoms in total. The predicted molar refractivity (Wildman–Crippen MR) is 132 cm³/mol. The highest BCUT2D eigenvalue weighted by Gasteiger charge is 2.14. The van der Waals surface area contributed by atoms with Crippen molar-refractivity contribution in [2.24, 2.45) is 7.05 Å². The molecule has 0 aliphatic rings. The number of halogens is 2. The fourth-order valence-electron chi connectivity index (χ4n) is 3.03. The van der Waals surface area contributed by atoms with Gasteiger partial charge in [0.15, 0.2) is 10.3 Å². The Hall–Kier alpha value is -2.39. The lowest BCUT2D eigenvalue weighted by Crippen LogP contribution is -2.14. The van der Waals surface area contributed by atoms with Crippen LogP contribution in [-0.4, -0.2) is 31.4 Å². The van der Waals surface area contributed by atoms with Crippen molar-refractivity contribution < 1.29 is 4.79 Å². The van der Waals surface area contributed by atoms with Crippen LogP contribution in [0.15, 0.2) is 59.1 Å². The summed E-state index contributed by atoms with van der Waals surface area (Å²) in [5.41, 5.74) is 2.71. The van der Waals surface area contributed by atoms with Crippen molar-refractivity contribution in [1.29, 1.82) is 0 Å². The zero-order valence-corrected chi connectivity index (χ0v) is 20.2. The summed E-state index contributed by atoms with van der Waals surface area (Å²) >= 11 is 14.9. The third kappa shape index (κ3) is 5.69. The summed E-state index contributed by atoms with van der Waals surface area (Å²) in [6.45, 7) is 0. The van der Waals surface area contributed by atoms with Gasteiger partial charge in [-0.2, -0.15) is 0 Å². The van der Waals surface area contributed by atoms with Gasteiger partial charge in [-0.25, -0.2) is 4.98 Å². The average Bonchev–Trinajstić information content (AvgIpc) is 3.38. The Morgan fingerprint density at radius 3 is 2.72 bits per heavy atom. The third-order valence-corrected chi connectivity index (χ3v) is 7.02. The number of carbonyl (C=O) groups excluding carboxylic acids is 1. The molecular formula is C22H19Cl2N5OS2. The molecule has 0 atom stereocenters. The fraction of sp³-hybridized carbons (Fsp3) is 0.182. The van der Waals surface area contributed by atoms with Crippen LogP contribution in [-0.2, 0) is 24.7 Å². The molecule has 2 aromatic carbocycles. The first-order valence-electron chi connectivity index (χ1n) is 9.75. The molecule has 2 aromatic heterocycles. The number of aromatic nitrogens is 4. The van der Waals surface area contributed by atoms with Gasteiger partial charge in [-0.15, -0.1) is 21.5 Å². The Morgan fingerprint density at radius 2 is 1.94 bits per heavy atom. The molecule has 4 rings (SSSR count). The van der Waals surface area contributed by atoms with E-state index in [0.29, 0.717) is 26.0 Å². The van der Waals surface area contributed by atoms with Crippen LogP contribution in [0.1, 0.15) is 11.4 Å². The molecule has 0 spiro atoms. The van der Waals surface area contributed by atoms with Crippen LogP contribution in [0, 0.1) is 0 Å². The number of anilines is 1. The maximum Gasteiger partial charge on any atom is 0.236 e. The Bertz CT molecular complexity index is 1230. The summed E-state index contributed by atoms with van der Waals surface area (Å²) in [4.78, 5) is 16.9. The molecule has 1 amide bonds. The molecule has 0 saturated heterocycles. The van der Waals surface area contributed by atoms with E-state index in [-0.39, 0.29) is 11.7 Å². The molecule has 0 aliphatic heterocycles. The molecule has 0 radical (unpaired) electrons. The number of benzene rings is 2.